The molecule has 3 aromatic rings. The molecular formula is C22H24F2N4O4. The van der Waals surface area contributed by atoms with E-state index in [1.54, 1.807) is 0 Å². The lowest BCUT2D eigenvalue weighted by atomic mass is 10.1. The van der Waals surface area contributed by atoms with Gasteiger partial charge in [-0.05, 0) is 49.2 Å². The zero-order valence-corrected chi connectivity index (χ0v) is 17.9. The van der Waals surface area contributed by atoms with Crippen molar-refractivity contribution < 1.29 is 27.6 Å². The number of benzene rings is 2. The predicted octanol–water partition coefficient (Wildman–Crippen LogP) is 5.01. The maximum Gasteiger partial charge on any atom is 0.387 e. The normalized spacial score (nSPS) is 10.8. The zero-order valence-electron chi connectivity index (χ0n) is 17.9. The van der Waals surface area contributed by atoms with Crippen molar-refractivity contribution in [3.63, 3.8) is 0 Å². The fourth-order valence-corrected chi connectivity index (χ4v) is 3.02. The Hall–Kier alpha value is -3.69. The molecule has 8 nitrogen and oxygen atoms in total. The van der Waals surface area contributed by atoms with Crippen molar-refractivity contribution >= 4 is 17.3 Å². The zero-order chi connectivity index (χ0) is 23.1. The number of aromatic nitrogens is 2. The van der Waals surface area contributed by atoms with Gasteiger partial charge in [-0.1, -0.05) is 18.1 Å². The highest BCUT2D eigenvalue weighted by atomic mass is 19.3. The molecule has 0 aliphatic carbocycles. The highest BCUT2D eigenvalue weighted by molar-refractivity contribution is 5.92. The number of nitrogens with one attached hydrogen (secondary N) is 2. The number of rotatable bonds is 10. The summed E-state index contributed by atoms with van der Waals surface area (Å²) in [5.74, 6) is 0.616. The maximum absolute atomic E-state index is 12.5. The molecule has 0 spiro atoms. The van der Waals surface area contributed by atoms with Crippen molar-refractivity contribution in [2.45, 2.75) is 39.8 Å². The molecule has 10 heteroatoms. The van der Waals surface area contributed by atoms with Crippen LogP contribution in [0.3, 0.4) is 0 Å². The van der Waals surface area contributed by atoms with E-state index in [9.17, 15) is 13.6 Å². The van der Waals surface area contributed by atoms with E-state index in [2.05, 4.69) is 25.5 Å². The van der Waals surface area contributed by atoms with Gasteiger partial charge in [0.1, 0.15) is 0 Å². The molecule has 170 valence electrons. The molecule has 0 bridgehead atoms. The van der Waals surface area contributed by atoms with Crippen LogP contribution in [-0.4, -0.2) is 29.8 Å². The largest absolute Gasteiger partial charge is 0.493 e. The van der Waals surface area contributed by atoms with E-state index >= 15 is 0 Å². The molecule has 2 aromatic carbocycles. The first-order chi connectivity index (χ1) is 15.4. The minimum absolute atomic E-state index is 0.0327. The molecule has 2 N–H and O–H groups in total. The van der Waals surface area contributed by atoms with E-state index in [-0.39, 0.29) is 29.8 Å². The highest BCUT2D eigenvalue weighted by Gasteiger charge is 2.15. The maximum atomic E-state index is 12.5. The Morgan fingerprint density at radius 2 is 1.97 bits per heavy atom. The highest BCUT2D eigenvalue weighted by Crippen LogP contribution is 2.32. The second-order valence-corrected chi connectivity index (χ2v) is 6.89. The van der Waals surface area contributed by atoms with E-state index in [1.165, 1.54) is 25.3 Å². The van der Waals surface area contributed by atoms with Gasteiger partial charge in [-0.2, -0.15) is 13.8 Å². The van der Waals surface area contributed by atoms with Gasteiger partial charge in [-0.25, -0.2) is 0 Å². The standard InChI is InChI=1S/C22H24F2N4O4/c1-4-6-19(29)26-16-8-5-7-15(13(16)2)25-12-20-27-21(28-32-20)14-9-10-17(31-22(23)24)18(11-14)30-3/h5,7-11,22,25H,4,6,12H2,1-3H3,(H,26,29). The summed E-state index contributed by atoms with van der Waals surface area (Å²) in [6.07, 6.45) is 1.23. The Kier molecular flexibility index (Phi) is 7.58. The molecule has 1 aromatic heterocycles. The van der Waals surface area contributed by atoms with Crippen LogP contribution in [0.5, 0.6) is 11.5 Å². The average molecular weight is 446 g/mol. The summed E-state index contributed by atoms with van der Waals surface area (Å²) in [5, 5.41) is 10.1. The fourth-order valence-electron chi connectivity index (χ4n) is 3.02. The smallest absolute Gasteiger partial charge is 0.387 e. The summed E-state index contributed by atoms with van der Waals surface area (Å²) in [7, 11) is 1.35. The van der Waals surface area contributed by atoms with Crippen LogP contribution in [0, 0.1) is 6.92 Å². The topological polar surface area (TPSA) is 98.5 Å². The van der Waals surface area contributed by atoms with Crippen molar-refractivity contribution in [1.82, 2.24) is 10.1 Å². The molecule has 0 atom stereocenters. The Balaban J connectivity index is 1.69. The molecule has 0 saturated heterocycles. The van der Waals surface area contributed by atoms with Gasteiger partial charge in [0.25, 0.3) is 0 Å². The summed E-state index contributed by atoms with van der Waals surface area (Å²) in [4.78, 5) is 16.2. The number of amides is 1. The number of hydrogen-bond acceptors (Lipinski definition) is 7. The number of anilines is 2. The number of methoxy groups -OCH3 is 1. The number of carbonyl (C=O) groups excluding carboxylic acids is 1. The lowest BCUT2D eigenvalue weighted by Crippen LogP contribution is -2.12. The molecule has 0 aliphatic rings. The van der Waals surface area contributed by atoms with Gasteiger partial charge in [0.15, 0.2) is 11.5 Å². The number of halogens is 2. The van der Waals surface area contributed by atoms with Crippen LogP contribution in [0.2, 0.25) is 0 Å². The molecule has 3 rings (SSSR count). The minimum Gasteiger partial charge on any atom is -0.493 e. The van der Waals surface area contributed by atoms with Crippen molar-refractivity contribution in [3.05, 3.63) is 47.9 Å². The van der Waals surface area contributed by atoms with E-state index < -0.39 is 6.61 Å². The third-order valence-electron chi connectivity index (χ3n) is 4.62. The first-order valence-corrected chi connectivity index (χ1v) is 10.0. The molecule has 1 heterocycles. The van der Waals surface area contributed by atoms with Gasteiger partial charge in [-0.3, -0.25) is 4.79 Å². The van der Waals surface area contributed by atoms with Gasteiger partial charge < -0.3 is 24.6 Å². The molecular weight excluding hydrogens is 422 g/mol. The number of ether oxygens (including phenoxy) is 2. The van der Waals surface area contributed by atoms with E-state index in [1.807, 2.05) is 32.0 Å². The van der Waals surface area contributed by atoms with Gasteiger partial charge in [0.2, 0.25) is 17.6 Å². The van der Waals surface area contributed by atoms with Gasteiger partial charge in [0, 0.05) is 23.4 Å². The third-order valence-corrected chi connectivity index (χ3v) is 4.62. The average Bonchev–Trinajstić information content (AvgIpc) is 3.23. The van der Waals surface area contributed by atoms with Crippen LogP contribution in [0.25, 0.3) is 11.4 Å². The lowest BCUT2D eigenvalue weighted by molar-refractivity contribution is -0.116. The van der Waals surface area contributed by atoms with Crippen molar-refractivity contribution in [2.24, 2.45) is 0 Å². The molecule has 0 fully saturated rings. The summed E-state index contributed by atoms with van der Waals surface area (Å²) >= 11 is 0. The molecule has 1 amide bonds. The van der Waals surface area contributed by atoms with Crippen LogP contribution < -0.4 is 20.1 Å². The van der Waals surface area contributed by atoms with E-state index in [0.29, 0.717) is 17.9 Å². The third kappa shape index (κ3) is 5.71. The van der Waals surface area contributed by atoms with Gasteiger partial charge in [0.05, 0.1) is 13.7 Å². The van der Waals surface area contributed by atoms with E-state index in [4.69, 9.17) is 9.26 Å². The van der Waals surface area contributed by atoms with Crippen LogP contribution in [0.15, 0.2) is 40.9 Å². The molecule has 0 unspecified atom stereocenters. The van der Waals surface area contributed by atoms with Crippen molar-refractivity contribution in [2.75, 3.05) is 17.7 Å². The molecule has 0 saturated carbocycles. The summed E-state index contributed by atoms with van der Waals surface area (Å²) in [5.41, 5.74) is 2.96. The van der Waals surface area contributed by atoms with E-state index in [0.717, 1.165) is 23.4 Å². The lowest BCUT2D eigenvalue weighted by Gasteiger charge is -2.13. The van der Waals surface area contributed by atoms with Crippen LogP contribution in [0.4, 0.5) is 20.2 Å². The second-order valence-electron chi connectivity index (χ2n) is 6.89. The van der Waals surface area contributed by atoms with Crippen LogP contribution in [0.1, 0.15) is 31.2 Å². The molecule has 32 heavy (non-hydrogen) atoms. The Morgan fingerprint density at radius 3 is 2.69 bits per heavy atom. The number of alkyl halides is 2. The monoisotopic (exact) mass is 446 g/mol. The summed E-state index contributed by atoms with van der Waals surface area (Å²) < 4.78 is 39.8. The van der Waals surface area contributed by atoms with Gasteiger partial charge in [-0.15, -0.1) is 0 Å². The van der Waals surface area contributed by atoms with Crippen LogP contribution in [-0.2, 0) is 11.3 Å². The first-order valence-electron chi connectivity index (χ1n) is 10.0. The Labute approximate surface area is 183 Å². The first kappa shape index (κ1) is 23.0. The van der Waals surface area contributed by atoms with Crippen molar-refractivity contribution in [3.8, 4) is 22.9 Å². The Morgan fingerprint density at radius 1 is 1.19 bits per heavy atom. The predicted molar refractivity (Wildman–Crippen MR) is 115 cm³/mol. The quantitative estimate of drug-likeness (QED) is 0.452. The second kappa shape index (κ2) is 10.6. The summed E-state index contributed by atoms with van der Waals surface area (Å²) in [6, 6.07) is 9.95. The minimum atomic E-state index is -2.96. The molecule has 0 aliphatic heterocycles. The van der Waals surface area contributed by atoms with Crippen molar-refractivity contribution in [1.29, 1.82) is 0 Å². The summed E-state index contributed by atoms with van der Waals surface area (Å²) in [6.45, 7) is 1.15. The number of hydrogen-bond donors (Lipinski definition) is 2. The Bertz CT molecular complexity index is 1070. The molecule has 0 radical (unpaired) electrons. The fraction of sp³-hybridized carbons (Fsp3) is 0.318. The number of nitrogens with zero attached hydrogens (tertiary/aromatic N) is 2. The van der Waals surface area contributed by atoms with Crippen LogP contribution >= 0.6 is 0 Å². The van der Waals surface area contributed by atoms with Gasteiger partial charge >= 0.3 is 6.61 Å². The number of carbonyl (C=O) groups is 1. The SMILES string of the molecule is CCCC(=O)Nc1cccc(NCc2nc(-c3ccc(OC(F)F)c(OC)c3)no2)c1C.